The molecule has 0 aromatic rings. The second-order valence-electron chi connectivity index (χ2n) is 13.8. The lowest BCUT2D eigenvalue weighted by Gasteiger charge is -2.01. The number of hydrogen-bond acceptors (Lipinski definition) is 9. The fourth-order valence-electron chi connectivity index (χ4n) is 4.72. The van der Waals surface area contributed by atoms with Crippen LogP contribution in [0.2, 0.25) is 0 Å². The first-order chi connectivity index (χ1) is 31.8. The lowest BCUT2D eigenvalue weighted by atomic mass is 10.1. The number of nitrogens with two attached hydrogens (primary N) is 1. The molecule has 0 radical (unpaired) electrons. The van der Waals surface area contributed by atoms with Gasteiger partial charge in [-0.3, -0.25) is 19.2 Å². The lowest BCUT2D eigenvalue weighted by molar-refractivity contribution is -0.140. The molecular weight excluding hydrogens is 851 g/mol. The van der Waals surface area contributed by atoms with Crippen molar-refractivity contribution >= 4 is 47.2 Å². The van der Waals surface area contributed by atoms with E-state index < -0.39 is 5.97 Å². The summed E-state index contributed by atoms with van der Waals surface area (Å²) < 4.78 is 9.55. The van der Waals surface area contributed by atoms with Crippen molar-refractivity contribution in [2.24, 2.45) is 5.73 Å². The summed E-state index contributed by atoms with van der Waals surface area (Å²) in [5.41, 5.74) is 5.22. The highest BCUT2D eigenvalue weighted by Gasteiger charge is 2.03. The van der Waals surface area contributed by atoms with E-state index in [1.54, 1.807) is 19.9 Å². The van der Waals surface area contributed by atoms with Gasteiger partial charge in [-0.2, -0.15) is 11.8 Å². The molecule has 0 fully saturated rings. The Hall–Kier alpha value is -4.38. The van der Waals surface area contributed by atoms with Gasteiger partial charge in [0.2, 0.25) is 0 Å². The molecule has 0 aliphatic rings. The number of rotatable bonds is 38. The van der Waals surface area contributed by atoms with E-state index in [-0.39, 0.29) is 24.1 Å². The molecule has 0 heterocycles. The molecule has 0 bridgehead atoms. The number of carbonyl (C=O) groups excluding carboxylic acids is 3. The van der Waals surface area contributed by atoms with Crippen LogP contribution in [0.15, 0.2) is 146 Å². The van der Waals surface area contributed by atoms with Crippen LogP contribution in [0.4, 0.5) is 0 Å². The fourth-order valence-corrected chi connectivity index (χ4v) is 6.02. The molecule has 0 atom stereocenters. The Bertz CT molecular complexity index is 1500. The number of ketones is 1. The smallest absolute Gasteiger partial charge is 0.315 e. The third-order valence-electron chi connectivity index (χ3n) is 7.89. The Morgan fingerprint density at radius 3 is 1.02 bits per heavy atom. The van der Waals surface area contributed by atoms with E-state index in [1.165, 1.54) is 23.5 Å². The minimum atomic E-state index is -0.787. The van der Waals surface area contributed by atoms with Gasteiger partial charge < -0.3 is 20.3 Å². The van der Waals surface area contributed by atoms with Crippen LogP contribution in [-0.2, 0) is 28.7 Å². The van der Waals surface area contributed by atoms with Crippen LogP contribution in [0.3, 0.4) is 0 Å². The van der Waals surface area contributed by atoms with Gasteiger partial charge in [-0.15, -0.1) is 11.8 Å². The van der Waals surface area contributed by atoms with Crippen molar-refractivity contribution in [2.75, 3.05) is 42.8 Å². The maximum Gasteiger partial charge on any atom is 0.315 e. The van der Waals surface area contributed by atoms with Crippen molar-refractivity contribution < 1.29 is 33.8 Å². The van der Waals surface area contributed by atoms with E-state index in [2.05, 4.69) is 140 Å². The van der Waals surface area contributed by atoms with Gasteiger partial charge >= 0.3 is 17.9 Å². The molecule has 0 spiro atoms. The summed E-state index contributed by atoms with van der Waals surface area (Å²) in [5, 5.41) is 8.46. The lowest BCUT2D eigenvalue weighted by Crippen LogP contribution is -2.09. The van der Waals surface area contributed by atoms with Crippen LogP contribution >= 0.6 is 23.5 Å². The molecule has 0 aromatic heterocycles. The topological polar surface area (TPSA) is 133 Å². The number of esters is 2. The maximum atomic E-state index is 11.8. The van der Waals surface area contributed by atoms with Crippen LogP contribution in [0.5, 0.6) is 0 Å². The largest absolute Gasteiger partial charge is 0.481 e. The number of thioether (sulfide) groups is 2. The highest BCUT2D eigenvalue weighted by atomic mass is 32.2. The zero-order chi connectivity index (χ0) is 48.4. The Balaban J connectivity index is -0.00000101. The zero-order valence-electron chi connectivity index (χ0n) is 40.4. The number of carboxylic acid groups (broad SMARTS) is 1. The molecule has 364 valence electrons. The summed E-state index contributed by atoms with van der Waals surface area (Å²) in [5.74, 6) is 1.56. The number of Topliss-reactive ketones (excluding diaryl/α,β-unsaturated/α-hetero) is 1. The van der Waals surface area contributed by atoms with E-state index in [1.807, 2.05) is 18.2 Å². The molecule has 10 heteroatoms. The van der Waals surface area contributed by atoms with Gasteiger partial charge in [0.15, 0.2) is 0 Å². The third-order valence-corrected chi connectivity index (χ3v) is 9.87. The zero-order valence-corrected chi connectivity index (χ0v) is 42.0. The fraction of sp³-hybridized carbons (Fsp3) is 0.491. The second-order valence-corrected chi connectivity index (χ2v) is 16.0. The van der Waals surface area contributed by atoms with Crippen molar-refractivity contribution in [3.05, 3.63) is 146 Å². The van der Waals surface area contributed by atoms with E-state index in [0.29, 0.717) is 44.1 Å². The number of carboxylic acids is 1. The average molecular weight is 936 g/mol. The van der Waals surface area contributed by atoms with E-state index >= 15 is 0 Å². The molecule has 0 saturated heterocycles. The molecule has 0 aromatic carbocycles. The maximum absolute atomic E-state index is 11.8. The summed E-state index contributed by atoms with van der Waals surface area (Å²) in [6.45, 7) is 9.39. The molecule has 0 aliphatic heterocycles. The van der Waals surface area contributed by atoms with Gasteiger partial charge in [0, 0.05) is 25.1 Å². The number of ether oxygens (including phenoxy) is 2. The Morgan fingerprint density at radius 2 is 0.723 bits per heavy atom. The summed E-state index contributed by atoms with van der Waals surface area (Å²) in [6, 6.07) is 0. The number of carbonyl (C=O) groups is 4. The van der Waals surface area contributed by atoms with Gasteiger partial charge in [0.05, 0.1) is 31.1 Å². The molecule has 8 nitrogen and oxygen atoms in total. The minimum absolute atomic E-state index is 0.102. The molecule has 65 heavy (non-hydrogen) atoms. The quantitative estimate of drug-likeness (QED) is 0.0350. The minimum Gasteiger partial charge on any atom is -0.481 e. The summed E-state index contributed by atoms with van der Waals surface area (Å²) in [4.78, 5) is 43.9. The monoisotopic (exact) mass is 936 g/mol. The molecule has 0 rings (SSSR count). The number of allylic oxidation sites excluding steroid dienone is 23. The summed E-state index contributed by atoms with van der Waals surface area (Å²) in [6.07, 6.45) is 64.7. The van der Waals surface area contributed by atoms with Crippen molar-refractivity contribution in [1.82, 2.24) is 0 Å². The molecule has 3 N–H and O–H groups in total. The van der Waals surface area contributed by atoms with E-state index in [0.717, 1.165) is 95.0 Å². The van der Waals surface area contributed by atoms with Crippen molar-refractivity contribution in [1.29, 1.82) is 0 Å². The van der Waals surface area contributed by atoms with Crippen LogP contribution in [0, 0.1) is 0 Å². The molecule has 0 saturated carbocycles. The normalized spacial score (nSPS) is 12.3. The second kappa shape index (κ2) is 59.6. The molecule has 0 unspecified atom stereocenters. The Kier molecular flexibility index (Phi) is 59.5. The Labute approximate surface area is 403 Å². The Morgan fingerprint density at radius 1 is 0.431 bits per heavy atom. The predicted molar refractivity (Wildman–Crippen MR) is 285 cm³/mol. The molecular formula is C55H85NO7S2. The SMILES string of the molecule is CC/C=C\C/C=C\C/C=C\C/C=C\C/C=C\C/C=C\CC(=O)CCCSCC(=O)OCC.CC/C=C\C/C=C\C/C=C\C/C=C\C/C=C\C/C=C\CC(=O)O.CCOC(=O)CSCCN. The van der Waals surface area contributed by atoms with Crippen LogP contribution in [0.1, 0.15) is 130 Å². The predicted octanol–water partition coefficient (Wildman–Crippen LogP) is 14.1. The van der Waals surface area contributed by atoms with E-state index in [9.17, 15) is 19.2 Å². The van der Waals surface area contributed by atoms with Crippen LogP contribution < -0.4 is 5.73 Å². The van der Waals surface area contributed by atoms with Gasteiger partial charge in [-0.1, -0.05) is 160 Å². The van der Waals surface area contributed by atoms with Gasteiger partial charge in [0.25, 0.3) is 0 Å². The standard InChI is InChI=1S/C28H42O3S.C21H30O2.C6H13NO2S/c1-3-5-6-7-8-9-10-11-12-13-14-15-16-17-18-19-20-21-23-27(29)24-22-25-32-26-28(30)31-4-2;1-2-3-4-5-6-7-8-9-10-11-12-13-14-15-16-17-18-19-20-21(22)23;1-2-9-6(8)5-10-4-3-7/h5-6,8-9,11-12,14-15,17-18,20-21H,3-4,7,10,13,16,19,22-26H2,1-2H3;3-4,6-7,9-10,12-13,15-16,18-19H,2,5,8,11,14,17,20H2,1H3,(H,22,23);2-5,7H2,1H3/b6-5-,9-8-,12-11-,15-14-,18-17-,21-20-;4-3-,7-6-,10-9-,13-12-,16-15-,19-18-;. The van der Waals surface area contributed by atoms with Gasteiger partial charge in [0.1, 0.15) is 5.78 Å². The summed E-state index contributed by atoms with van der Waals surface area (Å²) in [7, 11) is 0. The number of aliphatic carboxylic acids is 1. The van der Waals surface area contributed by atoms with Gasteiger partial charge in [-0.05, 0) is 103 Å². The first-order valence-electron chi connectivity index (χ1n) is 23.5. The summed E-state index contributed by atoms with van der Waals surface area (Å²) >= 11 is 3.03. The van der Waals surface area contributed by atoms with Crippen molar-refractivity contribution in [2.45, 2.75) is 130 Å². The number of hydrogen-bond donors (Lipinski definition) is 2. The highest BCUT2D eigenvalue weighted by molar-refractivity contribution is 8.00. The van der Waals surface area contributed by atoms with Crippen molar-refractivity contribution in [3.8, 4) is 0 Å². The highest BCUT2D eigenvalue weighted by Crippen LogP contribution is 2.07. The van der Waals surface area contributed by atoms with Crippen LogP contribution in [-0.4, -0.2) is 71.6 Å². The first-order valence-corrected chi connectivity index (χ1v) is 25.8. The van der Waals surface area contributed by atoms with Crippen LogP contribution in [0.25, 0.3) is 0 Å². The molecule has 0 aliphatic carbocycles. The van der Waals surface area contributed by atoms with Gasteiger partial charge in [-0.25, -0.2) is 0 Å². The third kappa shape index (κ3) is 66.3. The van der Waals surface area contributed by atoms with Crippen molar-refractivity contribution in [3.63, 3.8) is 0 Å². The van der Waals surface area contributed by atoms with E-state index in [4.69, 9.17) is 15.6 Å². The first kappa shape index (κ1) is 64.9. The molecule has 0 amide bonds. The average Bonchev–Trinajstić information content (AvgIpc) is 3.28.